The van der Waals surface area contributed by atoms with E-state index in [2.05, 4.69) is 21.7 Å². The Kier molecular flexibility index (Phi) is 5.54. The summed E-state index contributed by atoms with van der Waals surface area (Å²) in [4.78, 5) is 26.6. The molecule has 2 saturated carbocycles. The molecule has 1 spiro atoms. The van der Waals surface area contributed by atoms with Crippen LogP contribution in [0.25, 0.3) is 0 Å². The first kappa shape index (κ1) is 20.9. The van der Waals surface area contributed by atoms with Crippen molar-refractivity contribution >= 4 is 23.6 Å². The van der Waals surface area contributed by atoms with Crippen LogP contribution in [0.1, 0.15) is 37.7 Å². The SMILES string of the molecule is O=C(NC1CC2(C1)CN(C(=O)OCc1ccc(F)c(Cl)c1)C2)C1CCC2NNNC2C1. The summed E-state index contributed by atoms with van der Waals surface area (Å²) in [6, 6.07) is 5.16. The van der Waals surface area contributed by atoms with Crippen molar-refractivity contribution in [2.45, 2.75) is 56.8 Å². The Morgan fingerprint density at radius 2 is 2.00 bits per heavy atom. The van der Waals surface area contributed by atoms with Crippen molar-refractivity contribution in [2.75, 3.05) is 13.1 Å². The molecule has 3 atom stereocenters. The molecule has 1 aromatic rings. The van der Waals surface area contributed by atoms with Crippen LogP contribution in [0.15, 0.2) is 18.2 Å². The van der Waals surface area contributed by atoms with Crippen LogP contribution >= 0.6 is 11.6 Å². The predicted molar refractivity (Wildman–Crippen MR) is 111 cm³/mol. The highest BCUT2D eigenvalue weighted by Gasteiger charge is 2.54. The lowest BCUT2D eigenvalue weighted by Gasteiger charge is -2.58. The van der Waals surface area contributed by atoms with E-state index in [9.17, 15) is 14.0 Å². The van der Waals surface area contributed by atoms with Gasteiger partial charge < -0.3 is 15.0 Å². The number of halogens is 2. The van der Waals surface area contributed by atoms with E-state index >= 15 is 0 Å². The number of nitrogens with one attached hydrogen (secondary N) is 4. The molecule has 4 N–H and O–H groups in total. The average molecular weight is 452 g/mol. The highest BCUT2D eigenvalue weighted by Crippen LogP contribution is 2.48. The highest BCUT2D eigenvalue weighted by atomic mass is 35.5. The summed E-state index contributed by atoms with van der Waals surface area (Å²) in [5, 5.41) is 3.22. The number of carbonyl (C=O) groups is 2. The van der Waals surface area contributed by atoms with Crippen molar-refractivity contribution < 1.29 is 18.7 Å². The third kappa shape index (κ3) is 4.24. The Morgan fingerprint density at radius 1 is 1.23 bits per heavy atom. The predicted octanol–water partition coefficient (Wildman–Crippen LogP) is 1.85. The number of hydrogen-bond acceptors (Lipinski definition) is 6. The van der Waals surface area contributed by atoms with Crippen molar-refractivity contribution in [1.82, 2.24) is 26.6 Å². The van der Waals surface area contributed by atoms with E-state index in [0.29, 0.717) is 30.7 Å². The fourth-order valence-electron chi connectivity index (χ4n) is 5.39. The lowest BCUT2D eigenvalue weighted by atomic mass is 9.60. The van der Waals surface area contributed by atoms with E-state index < -0.39 is 5.82 Å². The van der Waals surface area contributed by atoms with Crippen LogP contribution in [0, 0.1) is 17.2 Å². The Balaban J connectivity index is 1.02. The molecule has 3 unspecified atom stereocenters. The molecule has 10 heteroatoms. The van der Waals surface area contributed by atoms with Crippen LogP contribution in [0.4, 0.5) is 9.18 Å². The van der Waals surface area contributed by atoms with Crippen LogP contribution in [0.2, 0.25) is 5.02 Å². The number of nitrogens with zero attached hydrogens (tertiary/aromatic N) is 1. The maximum absolute atomic E-state index is 13.2. The van der Waals surface area contributed by atoms with E-state index in [1.807, 2.05) is 0 Å². The summed E-state index contributed by atoms with van der Waals surface area (Å²) in [6.07, 6.45) is 4.15. The molecule has 0 radical (unpaired) electrons. The standard InChI is InChI=1S/C21H27ClFN5O3/c22-15-5-12(1-3-16(15)23)9-31-20(30)28-10-21(11-28)7-14(8-21)24-19(29)13-2-4-17-18(6-13)26-27-25-17/h1,3,5,13-14,17-18,25-27H,2,4,6-11H2,(H,24,29). The third-order valence-corrected chi connectivity index (χ3v) is 7.39. The van der Waals surface area contributed by atoms with Crippen LogP contribution in [-0.2, 0) is 16.1 Å². The smallest absolute Gasteiger partial charge is 0.410 e. The monoisotopic (exact) mass is 451 g/mol. The van der Waals surface area contributed by atoms with Gasteiger partial charge in [0.05, 0.1) is 5.02 Å². The Hall–Kier alpha value is -1.94. The maximum atomic E-state index is 13.2. The second-order valence-electron chi connectivity index (χ2n) is 9.41. The Bertz CT molecular complexity index is 873. The first-order valence-corrected chi connectivity index (χ1v) is 11.2. The first-order valence-electron chi connectivity index (χ1n) is 10.8. The van der Waals surface area contributed by atoms with Crippen LogP contribution in [0.3, 0.4) is 0 Å². The quantitative estimate of drug-likeness (QED) is 0.558. The largest absolute Gasteiger partial charge is 0.445 e. The number of hydrazine groups is 2. The van der Waals surface area contributed by atoms with Gasteiger partial charge in [-0.1, -0.05) is 17.7 Å². The minimum atomic E-state index is -0.495. The molecule has 2 saturated heterocycles. The van der Waals surface area contributed by atoms with Gasteiger partial charge in [0.1, 0.15) is 12.4 Å². The number of hydrogen-bond donors (Lipinski definition) is 4. The fourth-order valence-corrected chi connectivity index (χ4v) is 5.59. The minimum absolute atomic E-state index is 0.0138. The zero-order valence-electron chi connectivity index (χ0n) is 17.1. The van der Waals surface area contributed by atoms with E-state index in [1.165, 1.54) is 12.1 Å². The third-order valence-electron chi connectivity index (χ3n) is 7.10. The second-order valence-corrected chi connectivity index (χ2v) is 9.82. The summed E-state index contributed by atoms with van der Waals surface area (Å²) in [7, 11) is 0. The number of fused-ring (bicyclic) bond motifs is 1. The summed E-state index contributed by atoms with van der Waals surface area (Å²) < 4.78 is 18.5. The number of carbonyl (C=O) groups excluding carboxylic acids is 2. The lowest BCUT2D eigenvalue weighted by Crippen LogP contribution is -2.67. The van der Waals surface area contributed by atoms with Crippen molar-refractivity contribution in [2.24, 2.45) is 11.3 Å². The molecule has 0 aromatic heterocycles. The molecule has 0 bridgehead atoms. The summed E-state index contributed by atoms with van der Waals surface area (Å²) in [6.45, 7) is 1.36. The van der Waals surface area contributed by atoms with Gasteiger partial charge in [0.25, 0.3) is 0 Å². The normalized spacial score (nSPS) is 29.1. The van der Waals surface area contributed by atoms with Gasteiger partial charge in [0, 0.05) is 42.5 Å². The van der Waals surface area contributed by atoms with Crippen molar-refractivity contribution in [3.8, 4) is 0 Å². The molecule has 168 valence electrons. The molecule has 2 aliphatic carbocycles. The molecular formula is C21H27ClFN5O3. The van der Waals surface area contributed by atoms with Gasteiger partial charge in [-0.15, -0.1) is 0 Å². The van der Waals surface area contributed by atoms with E-state index in [4.69, 9.17) is 16.3 Å². The summed E-state index contributed by atoms with van der Waals surface area (Å²) >= 11 is 5.75. The average Bonchev–Trinajstić information content (AvgIpc) is 3.17. The number of rotatable bonds is 4. The zero-order chi connectivity index (χ0) is 21.6. The fraction of sp³-hybridized carbons (Fsp3) is 0.619. The molecule has 5 rings (SSSR count). The molecule has 31 heavy (non-hydrogen) atoms. The Morgan fingerprint density at radius 3 is 2.77 bits per heavy atom. The Labute approximate surface area is 185 Å². The molecule has 4 fully saturated rings. The van der Waals surface area contributed by atoms with Gasteiger partial charge in [-0.25, -0.2) is 20.0 Å². The molecule has 4 aliphatic rings. The molecule has 2 aliphatic heterocycles. The first-order chi connectivity index (χ1) is 14.9. The molecule has 2 heterocycles. The molecule has 1 aromatic carbocycles. The second kappa shape index (κ2) is 8.20. The van der Waals surface area contributed by atoms with Crippen LogP contribution in [-0.4, -0.2) is 48.1 Å². The number of benzene rings is 1. The molecule has 2 amide bonds. The topological polar surface area (TPSA) is 94.7 Å². The van der Waals surface area contributed by atoms with Crippen LogP contribution < -0.4 is 21.7 Å². The number of ether oxygens (including phenoxy) is 1. The zero-order valence-corrected chi connectivity index (χ0v) is 17.9. The molecule has 8 nitrogen and oxygen atoms in total. The summed E-state index contributed by atoms with van der Waals surface area (Å²) in [5.41, 5.74) is 10.1. The van der Waals surface area contributed by atoms with Crippen molar-refractivity contribution in [3.05, 3.63) is 34.6 Å². The van der Waals surface area contributed by atoms with Gasteiger partial charge in [-0.2, -0.15) is 5.53 Å². The van der Waals surface area contributed by atoms with Crippen molar-refractivity contribution in [3.63, 3.8) is 0 Å². The van der Waals surface area contributed by atoms with Gasteiger partial charge in [-0.05, 0) is 49.8 Å². The minimum Gasteiger partial charge on any atom is -0.445 e. The van der Waals surface area contributed by atoms with Crippen LogP contribution in [0.5, 0.6) is 0 Å². The van der Waals surface area contributed by atoms with E-state index in [0.717, 1.165) is 32.1 Å². The molecular weight excluding hydrogens is 425 g/mol. The lowest BCUT2D eigenvalue weighted by molar-refractivity contribution is -0.131. The van der Waals surface area contributed by atoms with Gasteiger partial charge >= 0.3 is 6.09 Å². The van der Waals surface area contributed by atoms with Gasteiger partial charge in [0.2, 0.25) is 5.91 Å². The number of amides is 2. The van der Waals surface area contributed by atoms with E-state index in [1.54, 1.807) is 11.0 Å². The van der Waals surface area contributed by atoms with Gasteiger partial charge in [-0.3, -0.25) is 4.79 Å². The van der Waals surface area contributed by atoms with E-state index in [-0.39, 0.29) is 41.0 Å². The van der Waals surface area contributed by atoms with Gasteiger partial charge in [0.15, 0.2) is 0 Å². The highest BCUT2D eigenvalue weighted by molar-refractivity contribution is 6.30. The number of likely N-dealkylation sites (tertiary alicyclic amines) is 1. The summed E-state index contributed by atoms with van der Waals surface area (Å²) in [5.74, 6) is -0.287. The van der Waals surface area contributed by atoms with Crippen molar-refractivity contribution in [1.29, 1.82) is 0 Å². The maximum Gasteiger partial charge on any atom is 0.410 e.